The van der Waals surface area contributed by atoms with E-state index in [0.29, 0.717) is 0 Å². The molecule has 1 atom stereocenters. The summed E-state index contributed by atoms with van der Waals surface area (Å²) in [5, 5.41) is 11.0. The SMILES string of the molecule is COC(OC)C(C)NCCCn1ccnn1. The Balaban J connectivity index is 2.10. The van der Waals surface area contributed by atoms with Gasteiger partial charge < -0.3 is 14.8 Å². The summed E-state index contributed by atoms with van der Waals surface area (Å²) in [4.78, 5) is 0. The highest BCUT2D eigenvalue weighted by atomic mass is 16.7. The van der Waals surface area contributed by atoms with Gasteiger partial charge in [-0.1, -0.05) is 5.21 Å². The minimum absolute atomic E-state index is 0.172. The molecule has 0 aliphatic rings. The number of hydrogen-bond donors (Lipinski definition) is 1. The second-order valence-electron chi connectivity index (χ2n) is 3.60. The predicted molar refractivity (Wildman–Crippen MR) is 59.9 cm³/mol. The fourth-order valence-electron chi connectivity index (χ4n) is 1.52. The standard InChI is InChI=1S/C10H20N4O2/c1-9(10(15-2)16-3)11-5-4-7-14-8-6-12-13-14/h6,8-11H,4-5,7H2,1-3H3. The molecule has 1 rings (SSSR count). The Morgan fingerprint density at radius 2 is 2.12 bits per heavy atom. The Bertz CT molecular complexity index is 262. The lowest BCUT2D eigenvalue weighted by Gasteiger charge is -2.22. The molecule has 6 heteroatoms. The third-order valence-electron chi connectivity index (χ3n) is 2.38. The van der Waals surface area contributed by atoms with E-state index in [2.05, 4.69) is 15.6 Å². The van der Waals surface area contributed by atoms with E-state index in [1.54, 1.807) is 20.4 Å². The van der Waals surface area contributed by atoms with Crippen molar-refractivity contribution >= 4 is 0 Å². The summed E-state index contributed by atoms with van der Waals surface area (Å²) in [6.45, 7) is 3.79. The van der Waals surface area contributed by atoms with Gasteiger partial charge in [-0.25, -0.2) is 0 Å². The number of rotatable bonds is 8. The molecule has 16 heavy (non-hydrogen) atoms. The average Bonchev–Trinajstić information content (AvgIpc) is 2.79. The van der Waals surface area contributed by atoms with E-state index < -0.39 is 0 Å². The number of hydrogen-bond acceptors (Lipinski definition) is 5. The normalized spacial score (nSPS) is 13.2. The van der Waals surface area contributed by atoms with Crippen molar-refractivity contribution < 1.29 is 9.47 Å². The summed E-state index contributed by atoms with van der Waals surface area (Å²) in [6, 6.07) is 0.172. The molecule has 1 heterocycles. The van der Waals surface area contributed by atoms with Crippen molar-refractivity contribution in [3.8, 4) is 0 Å². The number of nitrogens with zero attached hydrogens (tertiary/aromatic N) is 3. The van der Waals surface area contributed by atoms with Gasteiger partial charge in [-0.2, -0.15) is 0 Å². The molecule has 1 aromatic rings. The van der Waals surface area contributed by atoms with Gasteiger partial charge in [0, 0.05) is 27.0 Å². The minimum Gasteiger partial charge on any atom is -0.354 e. The topological polar surface area (TPSA) is 61.2 Å². The zero-order valence-corrected chi connectivity index (χ0v) is 10.1. The molecule has 0 saturated heterocycles. The molecular weight excluding hydrogens is 208 g/mol. The summed E-state index contributed by atoms with van der Waals surface area (Å²) in [5.41, 5.74) is 0. The fraction of sp³-hybridized carbons (Fsp3) is 0.800. The molecule has 0 amide bonds. The van der Waals surface area contributed by atoms with Gasteiger partial charge in [0.15, 0.2) is 6.29 Å². The quantitative estimate of drug-likeness (QED) is 0.511. The molecule has 1 unspecified atom stereocenters. The molecule has 1 aromatic heterocycles. The zero-order chi connectivity index (χ0) is 11.8. The second kappa shape index (κ2) is 7.32. The lowest BCUT2D eigenvalue weighted by Crippen LogP contribution is -2.40. The van der Waals surface area contributed by atoms with Gasteiger partial charge in [0.05, 0.1) is 12.2 Å². The fourth-order valence-corrected chi connectivity index (χ4v) is 1.52. The van der Waals surface area contributed by atoms with E-state index in [1.165, 1.54) is 0 Å². The molecule has 1 N–H and O–H groups in total. The van der Waals surface area contributed by atoms with E-state index in [-0.39, 0.29) is 12.3 Å². The van der Waals surface area contributed by atoms with Gasteiger partial charge in [0.2, 0.25) is 0 Å². The molecule has 0 radical (unpaired) electrons. The predicted octanol–water partition coefficient (Wildman–Crippen LogP) is 0.265. The van der Waals surface area contributed by atoms with Crippen LogP contribution in [0.3, 0.4) is 0 Å². The Kier molecular flexibility index (Phi) is 5.99. The Morgan fingerprint density at radius 1 is 1.38 bits per heavy atom. The maximum absolute atomic E-state index is 5.15. The summed E-state index contributed by atoms with van der Waals surface area (Å²) >= 11 is 0. The van der Waals surface area contributed by atoms with Crippen molar-refractivity contribution in [1.29, 1.82) is 0 Å². The van der Waals surface area contributed by atoms with Crippen LogP contribution in [0.25, 0.3) is 0 Å². The Morgan fingerprint density at radius 3 is 2.69 bits per heavy atom. The maximum Gasteiger partial charge on any atom is 0.171 e. The van der Waals surface area contributed by atoms with Crippen LogP contribution < -0.4 is 5.32 Å². The molecule has 0 saturated carbocycles. The van der Waals surface area contributed by atoms with Crippen LogP contribution in [0.1, 0.15) is 13.3 Å². The highest BCUT2D eigenvalue weighted by Crippen LogP contribution is 1.98. The molecular formula is C10H20N4O2. The number of methoxy groups -OCH3 is 2. The van der Waals surface area contributed by atoms with Crippen LogP contribution >= 0.6 is 0 Å². The zero-order valence-electron chi connectivity index (χ0n) is 10.1. The van der Waals surface area contributed by atoms with Crippen molar-refractivity contribution in [2.75, 3.05) is 20.8 Å². The molecule has 6 nitrogen and oxygen atoms in total. The summed E-state index contributed by atoms with van der Waals surface area (Å²) in [6.07, 6.45) is 4.33. The Hall–Kier alpha value is -0.980. The number of nitrogens with one attached hydrogen (secondary N) is 1. The Labute approximate surface area is 95.9 Å². The molecule has 92 valence electrons. The van der Waals surface area contributed by atoms with Crippen LogP contribution in [-0.4, -0.2) is 48.1 Å². The van der Waals surface area contributed by atoms with E-state index in [0.717, 1.165) is 19.5 Å². The number of aromatic nitrogens is 3. The molecule has 0 spiro atoms. The number of ether oxygens (including phenoxy) is 2. The summed E-state index contributed by atoms with van der Waals surface area (Å²) in [7, 11) is 3.28. The van der Waals surface area contributed by atoms with Crippen molar-refractivity contribution in [2.45, 2.75) is 32.2 Å². The van der Waals surface area contributed by atoms with Gasteiger partial charge in [0.25, 0.3) is 0 Å². The van der Waals surface area contributed by atoms with E-state index >= 15 is 0 Å². The van der Waals surface area contributed by atoms with E-state index in [1.807, 2.05) is 17.8 Å². The van der Waals surface area contributed by atoms with Crippen molar-refractivity contribution in [2.24, 2.45) is 0 Å². The van der Waals surface area contributed by atoms with Crippen LogP contribution in [0.2, 0.25) is 0 Å². The second-order valence-corrected chi connectivity index (χ2v) is 3.60. The van der Waals surface area contributed by atoms with Gasteiger partial charge in [0.1, 0.15) is 0 Å². The van der Waals surface area contributed by atoms with Crippen molar-refractivity contribution in [1.82, 2.24) is 20.3 Å². The first kappa shape index (κ1) is 13.1. The van der Waals surface area contributed by atoms with Gasteiger partial charge in [-0.3, -0.25) is 4.68 Å². The molecule has 0 aliphatic carbocycles. The van der Waals surface area contributed by atoms with Crippen LogP contribution in [-0.2, 0) is 16.0 Å². The smallest absolute Gasteiger partial charge is 0.171 e. The van der Waals surface area contributed by atoms with Crippen LogP contribution in [0.4, 0.5) is 0 Å². The lowest BCUT2D eigenvalue weighted by atomic mass is 10.3. The van der Waals surface area contributed by atoms with E-state index in [9.17, 15) is 0 Å². The van der Waals surface area contributed by atoms with Crippen molar-refractivity contribution in [3.05, 3.63) is 12.4 Å². The monoisotopic (exact) mass is 228 g/mol. The summed E-state index contributed by atoms with van der Waals surface area (Å²) in [5.74, 6) is 0. The van der Waals surface area contributed by atoms with Crippen LogP contribution in [0.15, 0.2) is 12.4 Å². The van der Waals surface area contributed by atoms with Crippen LogP contribution in [0, 0.1) is 0 Å². The highest BCUT2D eigenvalue weighted by molar-refractivity contribution is 4.66. The first-order valence-corrected chi connectivity index (χ1v) is 5.41. The average molecular weight is 228 g/mol. The highest BCUT2D eigenvalue weighted by Gasteiger charge is 2.14. The molecule has 0 fully saturated rings. The lowest BCUT2D eigenvalue weighted by molar-refractivity contribution is -0.119. The third-order valence-corrected chi connectivity index (χ3v) is 2.38. The van der Waals surface area contributed by atoms with Gasteiger partial charge in [-0.15, -0.1) is 5.10 Å². The molecule has 0 aliphatic heterocycles. The number of aryl methyl sites for hydroxylation is 1. The first-order chi connectivity index (χ1) is 7.77. The molecule has 0 aromatic carbocycles. The van der Waals surface area contributed by atoms with Gasteiger partial charge in [-0.05, 0) is 19.9 Å². The largest absolute Gasteiger partial charge is 0.354 e. The minimum atomic E-state index is -0.202. The third kappa shape index (κ3) is 4.26. The van der Waals surface area contributed by atoms with E-state index in [4.69, 9.17) is 9.47 Å². The van der Waals surface area contributed by atoms with Crippen LogP contribution in [0.5, 0.6) is 0 Å². The first-order valence-electron chi connectivity index (χ1n) is 5.41. The molecule has 0 bridgehead atoms. The summed E-state index contributed by atoms with van der Waals surface area (Å²) < 4.78 is 12.1. The van der Waals surface area contributed by atoms with Gasteiger partial charge >= 0.3 is 0 Å². The van der Waals surface area contributed by atoms with Crippen molar-refractivity contribution in [3.63, 3.8) is 0 Å². The maximum atomic E-state index is 5.15.